The standard InChI is InChI=1S/C26H25NO4/c1-16-11-22-19(13-26(28)31-25(22)12-17(16)2)15-27-20-7-10-24(30-4)23(14-20)18-5-8-21(29-3)9-6-18/h5-14,27H,15H2,1-4H3. The summed E-state index contributed by atoms with van der Waals surface area (Å²) in [4.78, 5) is 12.1. The van der Waals surface area contributed by atoms with E-state index in [1.807, 2.05) is 55.5 Å². The Bertz CT molecular complexity index is 1290. The first-order chi connectivity index (χ1) is 15.0. The van der Waals surface area contributed by atoms with Gasteiger partial charge in [0.05, 0.1) is 14.2 Å². The van der Waals surface area contributed by atoms with Crippen LogP contribution in [0.5, 0.6) is 11.5 Å². The van der Waals surface area contributed by atoms with E-state index in [2.05, 4.69) is 18.3 Å². The van der Waals surface area contributed by atoms with Crippen LogP contribution in [0.2, 0.25) is 0 Å². The molecule has 31 heavy (non-hydrogen) atoms. The highest BCUT2D eigenvalue weighted by atomic mass is 16.5. The smallest absolute Gasteiger partial charge is 0.336 e. The molecule has 0 bridgehead atoms. The first kappa shape index (κ1) is 20.5. The number of hydrogen-bond donors (Lipinski definition) is 1. The molecule has 0 aliphatic heterocycles. The van der Waals surface area contributed by atoms with Gasteiger partial charge in [0, 0.05) is 29.2 Å². The highest BCUT2D eigenvalue weighted by molar-refractivity contribution is 5.82. The highest BCUT2D eigenvalue weighted by Crippen LogP contribution is 2.34. The molecule has 1 heterocycles. The van der Waals surface area contributed by atoms with Crippen molar-refractivity contribution in [1.29, 1.82) is 0 Å². The molecule has 4 rings (SSSR count). The van der Waals surface area contributed by atoms with E-state index in [4.69, 9.17) is 13.9 Å². The molecule has 5 heteroatoms. The Morgan fingerprint density at radius 1 is 0.871 bits per heavy atom. The minimum absolute atomic E-state index is 0.346. The first-order valence-electron chi connectivity index (χ1n) is 10.1. The van der Waals surface area contributed by atoms with Gasteiger partial charge in [-0.2, -0.15) is 0 Å². The second-order valence-electron chi connectivity index (χ2n) is 7.52. The average molecular weight is 415 g/mol. The molecule has 0 saturated heterocycles. The number of hydrogen-bond acceptors (Lipinski definition) is 5. The molecule has 0 atom stereocenters. The Morgan fingerprint density at radius 3 is 2.32 bits per heavy atom. The van der Waals surface area contributed by atoms with E-state index >= 15 is 0 Å². The van der Waals surface area contributed by atoms with Crippen LogP contribution in [0.4, 0.5) is 5.69 Å². The van der Waals surface area contributed by atoms with Crippen molar-refractivity contribution < 1.29 is 13.9 Å². The third-order valence-electron chi connectivity index (χ3n) is 5.53. The van der Waals surface area contributed by atoms with E-state index in [1.165, 1.54) is 0 Å². The predicted molar refractivity (Wildman–Crippen MR) is 124 cm³/mol. The molecule has 0 saturated carbocycles. The monoisotopic (exact) mass is 415 g/mol. The second kappa shape index (κ2) is 8.56. The Morgan fingerprint density at radius 2 is 1.61 bits per heavy atom. The minimum Gasteiger partial charge on any atom is -0.497 e. The second-order valence-corrected chi connectivity index (χ2v) is 7.52. The van der Waals surface area contributed by atoms with Crippen molar-refractivity contribution in [2.75, 3.05) is 19.5 Å². The van der Waals surface area contributed by atoms with E-state index in [-0.39, 0.29) is 5.63 Å². The van der Waals surface area contributed by atoms with Crippen molar-refractivity contribution in [3.8, 4) is 22.6 Å². The lowest BCUT2D eigenvalue weighted by Gasteiger charge is -2.14. The molecule has 0 radical (unpaired) electrons. The van der Waals surface area contributed by atoms with Crippen LogP contribution in [-0.2, 0) is 6.54 Å². The van der Waals surface area contributed by atoms with Gasteiger partial charge in [-0.25, -0.2) is 4.79 Å². The van der Waals surface area contributed by atoms with E-state index in [1.54, 1.807) is 20.3 Å². The van der Waals surface area contributed by atoms with E-state index < -0.39 is 0 Å². The highest BCUT2D eigenvalue weighted by Gasteiger charge is 2.10. The lowest BCUT2D eigenvalue weighted by molar-refractivity contribution is 0.414. The van der Waals surface area contributed by atoms with E-state index in [9.17, 15) is 4.79 Å². The Hall–Kier alpha value is -3.73. The molecule has 3 aromatic carbocycles. The van der Waals surface area contributed by atoms with Gasteiger partial charge in [-0.15, -0.1) is 0 Å². The first-order valence-corrected chi connectivity index (χ1v) is 10.1. The number of ether oxygens (including phenoxy) is 2. The van der Waals surface area contributed by atoms with Gasteiger partial charge in [0.15, 0.2) is 0 Å². The molecule has 0 aliphatic rings. The minimum atomic E-state index is -0.346. The lowest BCUT2D eigenvalue weighted by atomic mass is 10.0. The number of nitrogens with one attached hydrogen (secondary N) is 1. The van der Waals surface area contributed by atoms with Crippen LogP contribution in [0.3, 0.4) is 0 Å². The maximum atomic E-state index is 12.1. The van der Waals surface area contributed by atoms with Gasteiger partial charge in [-0.1, -0.05) is 12.1 Å². The Kier molecular flexibility index (Phi) is 5.67. The normalized spacial score (nSPS) is 10.8. The number of aryl methyl sites for hydroxylation is 2. The Labute approximate surface area is 181 Å². The van der Waals surface area contributed by atoms with Gasteiger partial charge in [-0.3, -0.25) is 0 Å². The van der Waals surface area contributed by atoms with Gasteiger partial charge in [0.1, 0.15) is 17.1 Å². The van der Waals surface area contributed by atoms with Crippen molar-refractivity contribution in [3.63, 3.8) is 0 Å². The molecule has 5 nitrogen and oxygen atoms in total. The third kappa shape index (κ3) is 4.26. The van der Waals surface area contributed by atoms with E-state index in [0.717, 1.165) is 50.4 Å². The summed E-state index contributed by atoms with van der Waals surface area (Å²) in [7, 11) is 3.31. The molecule has 1 aromatic heterocycles. The van der Waals surface area contributed by atoms with Crippen LogP contribution in [-0.4, -0.2) is 14.2 Å². The molecule has 1 N–H and O–H groups in total. The number of rotatable bonds is 6. The molecular formula is C26H25NO4. The largest absolute Gasteiger partial charge is 0.497 e. The van der Waals surface area contributed by atoms with Crippen LogP contribution < -0.4 is 20.4 Å². The van der Waals surface area contributed by atoms with Crippen LogP contribution in [0.25, 0.3) is 22.1 Å². The predicted octanol–water partition coefficient (Wildman–Crippen LogP) is 5.71. The van der Waals surface area contributed by atoms with Crippen LogP contribution in [0.15, 0.2) is 69.9 Å². The van der Waals surface area contributed by atoms with Crippen molar-refractivity contribution in [2.24, 2.45) is 0 Å². The quantitative estimate of drug-likeness (QED) is 0.409. The molecular weight excluding hydrogens is 390 g/mol. The number of anilines is 1. The average Bonchev–Trinajstić information content (AvgIpc) is 2.78. The van der Waals surface area contributed by atoms with Gasteiger partial charge >= 0.3 is 5.63 Å². The fourth-order valence-electron chi connectivity index (χ4n) is 3.64. The summed E-state index contributed by atoms with van der Waals surface area (Å²) < 4.78 is 16.2. The third-order valence-corrected chi connectivity index (χ3v) is 5.53. The maximum Gasteiger partial charge on any atom is 0.336 e. The number of fused-ring (bicyclic) bond motifs is 1. The fourth-order valence-corrected chi connectivity index (χ4v) is 3.64. The van der Waals surface area contributed by atoms with Crippen molar-refractivity contribution in [3.05, 3.63) is 87.8 Å². The van der Waals surface area contributed by atoms with Gasteiger partial charge in [0.25, 0.3) is 0 Å². The van der Waals surface area contributed by atoms with Crippen LogP contribution in [0, 0.1) is 13.8 Å². The summed E-state index contributed by atoms with van der Waals surface area (Å²) in [5.74, 6) is 1.59. The topological polar surface area (TPSA) is 60.7 Å². The summed E-state index contributed by atoms with van der Waals surface area (Å²) in [5, 5.41) is 4.38. The summed E-state index contributed by atoms with van der Waals surface area (Å²) >= 11 is 0. The molecule has 0 fully saturated rings. The summed E-state index contributed by atoms with van der Waals surface area (Å²) in [6.07, 6.45) is 0. The Balaban J connectivity index is 1.66. The zero-order valence-corrected chi connectivity index (χ0v) is 18.1. The molecule has 0 unspecified atom stereocenters. The molecule has 4 aromatic rings. The van der Waals surface area contributed by atoms with Gasteiger partial charge in [-0.05, 0) is 78.6 Å². The SMILES string of the molecule is COc1ccc(-c2cc(NCc3cc(=O)oc4cc(C)c(C)cc34)ccc2OC)cc1. The van der Waals surface area contributed by atoms with Crippen molar-refractivity contribution in [1.82, 2.24) is 0 Å². The maximum absolute atomic E-state index is 12.1. The zero-order chi connectivity index (χ0) is 22.0. The molecule has 0 aliphatic carbocycles. The number of benzene rings is 3. The van der Waals surface area contributed by atoms with Crippen LogP contribution in [0.1, 0.15) is 16.7 Å². The van der Waals surface area contributed by atoms with Crippen molar-refractivity contribution in [2.45, 2.75) is 20.4 Å². The van der Waals surface area contributed by atoms with Crippen molar-refractivity contribution >= 4 is 16.7 Å². The molecule has 158 valence electrons. The summed E-state index contributed by atoms with van der Waals surface area (Å²) in [6, 6.07) is 19.3. The zero-order valence-electron chi connectivity index (χ0n) is 18.1. The molecule has 0 amide bonds. The summed E-state index contributed by atoms with van der Waals surface area (Å²) in [6.45, 7) is 4.57. The fraction of sp³-hybridized carbons (Fsp3) is 0.192. The van der Waals surface area contributed by atoms with Gasteiger partial charge in [0.2, 0.25) is 0 Å². The lowest BCUT2D eigenvalue weighted by Crippen LogP contribution is -2.06. The summed E-state index contributed by atoms with van der Waals surface area (Å²) in [5.41, 5.74) is 6.35. The molecule has 0 spiro atoms. The van der Waals surface area contributed by atoms with Gasteiger partial charge < -0.3 is 19.2 Å². The van der Waals surface area contributed by atoms with Crippen LogP contribution >= 0.6 is 0 Å². The number of methoxy groups -OCH3 is 2. The van der Waals surface area contributed by atoms with E-state index in [0.29, 0.717) is 12.1 Å².